The van der Waals surface area contributed by atoms with Gasteiger partial charge in [0.25, 0.3) is 5.91 Å². The van der Waals surface area contributed by atoms with Gasteiger partial charge in [-0.25, -0.2) is 0 Å². The first-order valence-corrected chi connectivity index (χ1v) is 6.30. The van der Waals surface area contributed by atoms with Crippen molar-refractivity contribution < 1.29 is 4.79 Å². The van der Waals surface area contributed by atoms with E-state index in [1.54, 1.807) is 0 Å². The summed E-state index contributed by atoms with van der Waals surface area (Å²) in [6.45, 7) is 5.62. The first-order valence-electron chi connectivity index (χ1n) is 6.30. The van der Waals surface area contributed by atoms with E-state index in [0.717, 1.165) is 25.9 Å². The molecule has 2 N–H and O–H groups in total. The summed E-state index contributed by atoms with van der Waals surface area (Å²) in [7, 11) is 4.02. The van der Waals surface area contributed by atoms with Gasteiger partial charge in [0.2, 0.25) is 0 Å². The summed E-state index contributed by atoms with van der Waals surface area (Å²) in [6, 6.07) is 1.99. The van der Waals surface area contributed by atoms with Crippen LogP contribution in [0.3, 0.4) is 0 Å². The molecule has 1 atom stereocenters. The lowest BCUT2D eigenvalue weighted by molar-refractivity contribution is -0.117. The van der Waals surface area contributed by atoms with Crippen LogP contribution in [0.15, 0.2) is 11.8 Å². The van der Waals surface area contributed by atoms with Crippen molar-refractivity contribution in [1.29, 1.82) is 5.26 Å². The Morgan fingerprint density at radius 2 is 2.17 bits per heavy atom. The highest BCUT2D eigenvalue weighted by Crippen LogP contribution is 1.95. The van der Waals surface area contributed by atoms with E-state index in [1.807, 2.05) is 34.0 Å². The lowest BCUT2D eigenvalue weighted by Gasteiger charge is -2.11. The third-order valence-corrected chi connectivity index (χ3v) is 2.53. The zero-order valence-corrected chi connectivity index (χ0v) is 11.8. The number of carbonyl (C=O) groups is 1. The summed E-state index contributed by atoms with van der Waals surface area (Å²) in [5.74, 6) is -0.313. The molecule has 1 unspecified atom stereocenters. The van der Waals surface area contributed by atoms with E-state index in [9.17, 15) is 4.79 Å². The van der Waals surface area contributed by atoms with Crippen LogP contribution in [0, 0.1) is 11.3 Å². The van der Waals surface area contributed by atoms with Crippen molar-refractivity contribution in [2.24, 2.45) is 0 Å². The lowest BCUT2D eigenvalue weighted by atomic mass is 10.2. The van der Waals surface area contributed by atoms with Gasteiger partial charge in [-0.05, 0) is 40.4 Å². The van der Waals surface area contributed by atoms with Crippen molar-refractivity contribution in [2.75, 3.05) is 27.2 Å². The van der Waals surface area contributed by atoms with Crippen LogP contribution < -0.4 is 10.6 Å². The Labute approximate surface area is 110 Å². The first-order chi connectivity index (χ1) is 8.51. The summed E-state index contributed by atoms with van der Waals surface area (Å²) < 4.78 is 0. The number of nitrogens with zero attached hydrogens (tertiary/aromatic N) is 2. The van der Waals surface area contributed by atoms with Crippen molar-refractivity contribution in [1.82, 2.24) is 15.5 Å². The van der Waals surface area contributed by atoms with Crippen LogP contribution in [0.25, 0.3) is 0 Å². The molecule has 0 aromatic rings. The molecule has 0 aliphatic rings. The molecule has 0 heterocycles. The number of rotatable bonds is 8. The maximum Gasteiger partial charge on any atom is 0.263 e. The van der Waals surface area contributed by atoms with E-state index in [1.165, 1.54) is 6.20 Å². The third kappa shape index (κ3) is 7.69. The van der Waals surface area contributed by atoms with Gasteiger partial charge in [0.15, 0.2) is 0 Å². The van der Waals surface area contributed by atoms with E-state index in [4.69, 9.17) is 5.26 Å². The largest absolute Gasteiger partial charge is 0.390 e. The van der Waals surface area contributed by atoms with Crippen molar-refractivity contribution >= 4 is 5.91 Å². The molecule has 1 amide bonds. The molecule has 0 fully saturated rings. The maximum absolute atomic E-state index is 11.7. The second-order valence-electron chi connectivity index (χ2n) is 4.56. The molecule has 0 aliphatic heterocycles. The van der Waals surface area contributed by atoms with Crippen molar-refractivity contribution in [3.63, 3.8) is 0 Å². The third-order valence-electron chi connectivity index (χ3n) is 2.53. The topological polar surface area (TPSA) is 68.2 Å². The van der Waals surface area contributed by atoms with Crippen molar-refractivity contribution in [2.45, 2.75) is 32.7 Å². The zero-order chi connectivity index (χ0) is 14.0. The fraction of sp³-hybridized carbons (Fsp3) is 0.692. The van der Waals surface area contributed by atoms with E-state index in [-0.39, 0.29) is 17.5 Å². The van der Waals surface area contributed by atoms with Gasteiger partial charge in [-0.15, -0.1) is 0 Å². The Bertz CT molecular complexity index is 317. The molecule has 0 aromatic heterocycles. The fourth-order valence-electron chi connectivity index (χ4n) is 1.22. The highest BCUT2D eigenvalue weighted by molar-refractivity contribution is 5.97. The van der Waals surface area contributed by atoms with Crippen molar-refractivity contribution in [3.8, 4) is 6.07 Å². The van der Waals surface area contributed by atoms with Crippen LogP contribution in [0.5, 0.6) is 0 Å². The number of hydrogen-bond donors (Lipinski definition) is 2. The quantitative estimate of drug-likeness (QED) is 0.382. The minimum absolute atomic E-state index is 0.0861. The van der Waals surface area contributed by atoms with Crippen LogP contribution in [0.2, 0.25) is 0 Å². The summed E-state index contributed by atoms with van der Waals surface area (Å²) in [5, 5.41) is 14.7. The SMILES string of the molecule is CCC(C)NC(=O)/C(C#N)=C\NCCCN(C)C. The maximum atomic E-state index is 11.7. The standard InChI is InChI=1S/C13H24N4O/c1-5-11(2)16-13(18)12(9-14)10-15-7-6-8-17(3)4/h10-11,15H,5-8H2,1-4H3,(H,16,18)/b12-10-. The normalized spacial score (nSPS) is 13.0. The van der Waals surface area contributed by atoms with Crippen LogP contribution in [0.4, 0.5) is 0 Å². The second kappa shape index (κ2) is 9.49. The number of hydrogen-bond acceptors (Lipinski definition) is 4. The summed E-state index contributed by atoms with van der Waals surface area (Å²) >= 11 is 0. The van der Waals surface area contributed by atoms with Crippen LogP contribution >= 0.6 is 0 Å². The fourth-order valence-corrected chi connectivity index (χ4v) is 1.22. The molecule has 0 radical (unpaired) electrons. The Balaban J connectivity index is 4.08. The number of carbonyl (C=O) groups excluding carboxylic acids is 1. The van der Waals surface area contributed by atoms with Gasteiger partial charge in [0.1, 0.15) is 11.6 Å². The molecule has 102 valence electrons. The predicted octanol–water partition coefficient (Wildman–Crippen LogP) is 0.850. The number of nitrogens with one attached hydrogen (secondary N) is 2. The van der Waals surface area contributed by atoms with Crippen LogP contribution in [-0.4, -0.2) is 44.0 Å². The molecule has 0 saturated heterocycles. The first kappa shape index (κ1) is 16.5. The molecular formula is C13H24N4O. The Hall–Kier alpha value is -1.54. The van der Waals surface area contributed by atoms with Crippen LogP contribution in [0.1, 0.15) is 26.7 Å². The van der Waals surface area contributed by atoms with Gasteiger partial charge in [-0.2, -0.15) is 5.26 Å². The minimum atomic E-state index is -0.313. The molecule has 0 aromatic carbocycles. The highest BCUT2D eigenvalue weighted by Gasteiger charge is 2.10. The molecule has 0 bridgehead atoms. The number of amides is 1. The van der Waals surface area contributed by atoms with Gasteiger partial charge in [0.05, 0.1) is 0 Å². The molecule has 5 nitrogen and oxygen atoms in total. The molecule has 0 aliphatic carbocycles. The molecule has 0 saturated carbocycles. The van der Waals surface area contributed by atoms with Gasteiger partial charge < -0.3 is 15.5 Å². The summed E-state index contributed by atoms with van der Waals surface area (Å²) in [5.41, 5.74) is 0.125. The predicted molar refractivity (Wildman–Crippen MR) is 72.8 cm³/mol. The molecular weight excluding hydrogens is 228 g/mol. The van der Waals surface area contributed by atoms with Gasteiger partial charge in [0, 0.05) is 18.8 Å². The van der Waals surface area contributed by atoms with Gasteiger partial charge in [-0.3, -0.25) is 4.79 Å². The van der Waals surface area contributed by atoms with E-state index < -0.39 is 0 Å². The van der Waals surface area contributed by atoms with E-state index in [0.29, 0.717) is 0 Å². The molecule has 0 spiro atoms. The highest BCUT2D eigenvalue weighted by atomic mass is 16.1. The molecule has 0 rings (SSSR count). The Kier molecular flexibility index (Phi) is 8.67. The Morgan fingerprint density at radius 3 is 2.67 bits per heavy atom. The Morgan fingerprint density at radius 1 is 1.50 bits per heavy atom. The van der Waals surface area contributed by atoms with Gasteiger partial charge >= 0.3 is 0 Å². The average Bonchev–Trinajstić information content (AvgIpc) is 2.32. The smallest absolute Gasteiger partial charge is 0.263 e. The van der Waals surface area contributed by atoms with Crippen molar-refractivity contribution in [3.05, 3.63) is 11.8 Å². The lowest BCUT2D eigenvalue weighted by Crippen LogP contribution is -2.33. The van der Waals surface area contributed by atoms with Crippen LogP contribution in [-0.2, 0) is 4.79 Å². The second-order valence-corrected chi connectivity index (χ2v) is 4.56. The summed E-state index contributed by atoms with van der Waals surface area (Å²) in [6.07, 6.45) is 3.31. The minimum Gasteiger partial charge on any atom is -0.390 e. The van der Waals surface area contributed by atoms with E-state index in [2.05, 4.69) is 15.5 Å². The monoisotopic (exact) mass is 252 g/mol. The zero-order valence-electron chi connectivity index (χ0n) is 11.8. The van der Waals surface area contributed by atoms with Gasteiger partial charge in [-0.1, -0.05) is 6.92 Å². The molecule has 18 heavy (non-hydrogen) atoms. The summed E-state index contributed by atoms with van der Waals surface area (Å²) in [4.78, 5) is 13.8. The molecule has 5 heteroatoms. The number of nitriles is 1. The average molecular weight is 252 g/mol. The van der Waals surface area contributed by atoms with E-state index >= 15 is 0 Å².